The normalized spacial score (nSPS) is 10.6. The third kappa shape index (κ3) is 4.71. The van der Waals surface area contributed by atoms with Gasteiger partial charge in [0.25, 0.3) is 0 Å². The Labute approximate surface area is 126 Å². The first kappa shape index (κ1) is 15.2. The molecule has 1 heterocycles. The second kappa shape index (κ2) is 7.58. The summed E-state index contributed by atoms with van der Waals surface area (Å²) in [4.78, 5) is 18.3. The molecule has 0 bridgehead atoms. The van der Waals surface area contributed by atoms with Gasteiger partial charge in [0, 0.05) is 31.4 Å². The highest BCUT2D eigenvalue weighted by Gasteiger charge is 2.17. The van der Waals surface area contributed by atoms with Crippen LogP contribution in [0.3, 0.4) is 0 Å². The molecule has 21 heavy (non-hydrogen) atoms. The van der Waals surface area contributed by atoms with Crippen molar-refractivity contribution in [2.24, 2.45) is 5.92 Å². The van der Waals surface area contributed by atoms with Crippen LogP contribution in [0.2, 0.25) is 0 Å². The highest BCUT2D eigenvalue weighted by atomic mass is 16.2. The van der Waals surface area contributed by atoms with Crippen LogP contribution in [-0.2, 0) is 17.8 Å². The Morgan fingerprint density at radius 1 is 1.05 bits per heavy atom. The maximum Gasteiger partial charge on any atom is 0.225 e. The van der Waals surface area contributed by atoms with Gasteiger partial charge in [0.2, 0.25) is 5.91 Å². The summed E-state index contributed by atoms with van der Waals surface area (Å²) in [6.07, 6.45) is 4.42. The second-order valence-corrected chi connectivity index (χ2v) is 5.51. The van der Waals surface area contributed by atoms with E-state index in [2.05, 4.69) is 17.1 Å². The van der Waals surface area contributed by atoms with Gasteiger partial charge in [-0.25, -0.2) is 0 Å². The molecule has 0 spiro atoms. The first-order valence-electron chi connectivity index (χ1n) is 7.38. The molecule has 0 saturated heterocycles. The topological polar surface area (TPSA) is 33.2 Å². The average Bonchev–Trinajstić information content (AvgIpc) is 2.52. The van der Waals surface area contributed by atoms with Gasteiger partial charge >= 0.3 is 0 Å². The van der Waals surface area contributed by atoms with Crippen molar-refractivity contribution in [1.29, 1.82) is 0 Å². The van der Waals surface area contributed by atoms with Gasteiger partial charge in [-0.05, 0) is 29.7 Å². The summed E-state index contributed by atoms with van der Waals surface area (Å²) in [5, 5.41) is 0. The van der Waals surface area contributed by atoms with Crippen LogP contribution in [0.1, 0.15) is 25.0 Å². The molecule has 0 N–H and O–H groups in total. The summed E-state index contributed by atoms with van der Waals surface area (Å²) < 4.78 is 0. The molecule has 2 rings (SSSR count). The van der Waals surface area contributed by atoms with Crippen LogP contribution >= 0.6 is 0 Å². The predicted molar refractivity (Wildman–Crippen MR) is 84.6 cm³/mol. The van der Waals surface area contributed by atoms with E-state index in [0.717, 1.165) is 18.5 Å². The minimum Gasteiger partial charge on any atom is -0.338 e. The van der Waals surface area contributed by atoms with Crippen molar-refractivity contribution in [3.05, 3.63) is 66.0 Å². The molecule has 3 nitrogen and oxygen atoms in total. The lowest BCUT2D eigenvalue weighted by molar-refractivity contribution is -0.135. The van der Waals surface area contributed by atoms with Crippen LogP contribution in [0, 0.1) is 5.92 Å². The molecule has 110 valence electrons. The molecule has 0 radical (unpaired) electrons. The fourth-order valence-corrected chi connectivity index (χ4v) is 2.25. The van der Waals surface area contributed by atoms with Crippen molar-refractivity contribution in [1.82, 2.24) is 9.88 Å². The fourth-order valence-electron chi connectivity index (χ4n) is 2.25. The van der Waals surface area contributed by atoms with Crippen LogP contribution in [0.25, 0.3) is 0 Å². The summed E-state index contributed by atoms with van der Waals surface area (Å²) >= 11 is 0. The number of hydrogen-bond acceptors (Lipinski definition) is 2. The van der Waals surface area contributed by atoms with Gasteiger partial charge < -0.3 is 4.90 Å². The largest absolute Gasteiger partial charge is 0.338 e. The molecule has 0 unspecified atom stereocenters. The zero-order chi connectivity index (χ0) is 15.1. The zero-order valence-corrected chi connectivity index (χ0v) is 12.7. The van der Waals surface area contributed by atoms with E-state index < -0.39 is 0 Å². The van der Waals surface area contributed by atoms with Gasteiger partial charge in [0.1, 0.15) is 0 Å². The number of pyridine rings is 1. The summed E-state index contributed by atoms with van der Waals surface area (Å²) in [6.45, 7) is 5.28. The molecular formula is C18H22N2O. The standard InChI is InChI=1S/C18H22N2O/c1-15(2)18(21)20(14-17-8-11-19-12-9-17)13-10-16-6-4-3-5-7-16/h3-9,11-12,15H,10,13-14H2,1-2H3. The summed E-state index contributed by atoms with van der Waals surface area (Å²) in [6, 6.07) is 14.2. The number of carbonyl (C=O) groups excluding carboxylic acids is 1. The molecule has 1 amide bonds. The summed E-state index contributed by atoms with van der Waals surface area (Å²) in [5.41, 5.74) is 2.38. The summed E-state index contributed by atoms with van der Waals surface area (Å²) in [5.74, 6) is 0.213. The molecule has 1 aromatic heterocycles. The van der Waals surface area contributed by atoms with E-state index in [-0.39, 0.29) is 11.8 Å². The van der Waals surface area contributed by atoms with Crippen LogP contribution in [0.4, 0.5) is 0 Å². The van der Waals surface area contributed by atoms with Crippen LogP contribution in [-0.4, -0.2) is 22.3 Å². The maximum atomic E-state index is 12.4. The van der Waals surface area contributed by atoms with E-state index in [1.165, 1.54) is 5.56 Å². The maximum absolute atomic E-state index is 12.4. The van der Waals surface area contributed by atoms with Crippen LogP contribution in [0.5, 0.6) is 0 Å². The van der Waals surface area contributed by atoms with Gasteiger partial charge in [0.15, 0.2) is 0 Å². The number of amides is 1. The quantitative estimate of drug-likeness (QED) is 0.814. The highest BCUT2D eigenvalue weighted by Crippen LogP contribution is 2.10. The summed E-state index contributed by atoms with van der Waals surface area (Å²) in [7, 11) is 0. The van der Waals surface area contributed by atoms with Gasteiger partial charge in [-0.15, -0.1) is 0 Å². The van der Waals surface area contributed by atoms with Gasteiger partial charge in [0.05, 0.1) is 0 Å². The average molecular weight is 282 g/mol. The second-order valence-electron chi connectivity index (χ2n) is 5.51. The first-order chi connectivity index (χ1) is 10.2. The number of nitrogens with zero attached hydrogens (tertiary/aromatic N) is 2. The fraction of sp³-hybridized carbons (Fsp3) is 0.333. The Hall–Kier alpha value is -2.16. The van der Waals surface area contributed by atoms with Gasteiger partial charge in [-0.2, -0.15) is 0 Å². The smallest absolute Gasteiger partial charge is 0.225 e. The molecule has 0 saturated carbocycles. The molecule has 1 aromatic carbocycles. The van der Waals surface area contributed by atoms with Crippen LogP contribution in [0.15, 0.2) is 54.9 Å². The van der Waals surface area contributed by atoms with Gasteiger partial charge in [-0.1, -0.05) is 44.2 Å². The Morgan fingerprint density at radius 3 is 2.33 bits per heavy atom. The number of hydrogen-bond donors (Lipinski definition) is 0. The predicted octanol–water partition coefficient (Wildman–Crippen LogP) is 3.31. The SMILES string of the molecule is CC(C)C(=O)N(CCc1ccccc1)Cc1ccncc1. The molecule has 0 atom stereocenters. The molecular weight excluding hydrogens is 260 g/mol. The molecule has 3 heteroatoms. The number of aromatic nitrogens is 1. The van der Waals surface area contributed by atoms with Crippen LogP contribution < -0.4 is 0 Å². The van der Waals surface area contributed by atoms with E-state index in [9.17, 15) is 4.79 Å². The Kier molecular flexibility index (Phi) is 5.50. The molecule has 0 fully saturated rings. The Morgan fingerprint density at radius 2 is 1.71 bits per heavy atom. The third-order valence-electron chi connectivity index (χ3n) is 3.44. The van der Waals surface area contributed by atoms with Crippen molar-refractivity contribution >= 4 is 5.91 Å². The molecule has 2 aromatic rings. The lowest BCUT2D eigenvalue weighted by Crippen LogP contribution is -2.35. The lowest BCUT2D eigenvalue weighted by Gasteiger charge is -2.25. The van der Waals surface area contributed by atoms with E-state index in [0.29, 0.717) is 6.54 Å². The number of benzene rings is 1. The van der Waals surface area contributed by atoms with Crippen molar-refractivity contribution in [2.75, 3.05) is 6.54 Å². The van der Waals surface area contributed by atoms with Gasteiger partial charge in [-0.3, -0.25) is 9.78 Å². The molecule has 0 aliphatic carbocycles. The van der Waals surface area contributed by atoms with E-state index in [1.807, 2.05) is 49.1 Å². The molecule has 0 aliphatic heterocycles. The zero-order valence-electron chi connectivity index (χ0n) is 12.7. The monoisotopic (exact) mass is 282 g/mol. The third-order valence-corrected chi connectivity index (χ3v) is 3.44. The Balaban J connectivity index is 2.04. The highest BCUT2D eigenvalue weighted by molar-refractivity contribution is 5.78. The first-order valence-corrected chi connectivity index (χ1v) is 7.38. The van der Waals surface area contributed by atoms with E-state index in [1.54, 1.807) is 12.4 Å². The Bertz CT molecular complexity index is 552. The number of carbonyl (C=O) groups is 1. The van der Waals surface area contributed by atoms with Crippen molar-refractivity contribution in [3.63, 3.8) is 0 Å². The number of rotatable bonds is 6. The minimum absolute atomic E-state index is 0.0163. The molecule has 0 aliphatic rings. The van der Waals surface area contributed by atoms with Crippen molar-refractivity contribution in [3.8, 4) is 0 Å². The minimum atomic E-state index is 0.0163. The van der Waals surface area contributed by atoms with Crippen molar-refractivity contribution in [2.45, 2.75) is 26.8 Å². The van der Waals surface area contributed by atoms with E-state index >= 15 is 0 Å². The van der Waals surface area contributed by atoms with Crippen molar-refractivity contribution < 1.29 is 4.79 Å². The van der Waals surface area contributed by atoms with E-state index in [4.69, 9.17) is 0 Å². The lowest BCUT2D eigenvalue weighted by atomic mass is 10.1.